The molecule has 1 aliphatic rings. The highest BCUT2D eigenvalue weighted by Gasteiger charge is 2.28. The van der Waals surface area contributed by atoms with E-state index in [2.05, 4.69) is 89.7 Å². The Morgan fingerprint density at radius 3 is 2.67 bits per heavy atom. The van der Waals surface area contributed by atoms with Crippen LogP contribution in [0.4, 0.5) is 0 Å². The third-order valence-corrected chi connectivity index (χ3v) is 6.82. The molecule has 3 aromatic rings. The van der Waals surface area contributed by atoms with Crippen molar-refractivity contribution in [1.29, 1.82) is 0 Å². The van der Waals surface area contributed by atoms with Gasteiger partial charge in [0.2, 0.25) is 0 Å². The predicted octanol–water partition coefficient (Wildman–Crippen LogP) is 1.68. The summed E-state index contributed by atoms with van der Waals surface area (Å²) in [5.41, 5.74) is 3.87. The number of carbonyl (C=O) groups excluding carboxylic acids is 1. The molecule has 30 heavy (non-hydrogen) atoms. The average Bonchev–Trinajstić information content (AvgIpc) is 3.43. The Labute approximate surface area is 182 Å². The Hall–Kier alpha value is -2.47. The summed E-state index contributed by atoms with van der Waals surface area (Å²) in [6.07, 6.45) is 1.06. The maximum atomic E-state index is 12.7. The summed E-state index contributed by atoms with van der Waals surface area (Å²) in [5.74, 6) is 0.134. The van der Waals surface area contributed by atoms with Gasteiger partial charge in [0.1, 0.15) is 12.6 Å². The van der Waals surface area contributed by atoms with Gasteiger partial charge in [-0.25, -0.2) is 0 Å². The van der Waals surface area contributed by atoms with Gasteiger partial charge in [-0.15, -0.1) is 11.3 Å². The molecule has 0 radical (unpaired) electrons. The molecule has 4 rings (SSSR count). The zero-order chi connectivity index (χ0) is 20.8. The molecule has 2 aromatic carbocycles. The van der Waals surface area contributed by atoms with Gasteiger partial charge in [-0.2, -0.15) is 0 Å². The van der Waals surface area contributed by atoms with Crippen LogP contribution in [0.15, 0.2) is 72.1 Å². The molecule has 0 spiro atoms. The molecule has 1 saturated heterocycles. The highest BCUT2D eigenvalue weighted by molar-refractivity contribution is 7.10. The summed E-state index contributed by atoms with van der Waals surface area (Å²) < 4.78 is 0. The van der Waals surface area contributed by atoms with Gasteiger partial charge >= 0.3 is 0 Å². The van der Waals surface area contributed by atoms with Crippen LogP contribution in [-0.4, -0.2) is 31.6 Å². The number of nitrogens with one attached hydrogen (secondary N) is 2. The fraction of sp³-hybridized carbons (Fsp3) is 0.320. The van der Waals surface area contributed by atoms with Crippen LogP contribution >= 0.6 is 11.3 Å². The van der Waals surface area contributed by atoms with Gasteiger partial charge in [0, 0.05) is 17.5 Å². The molecule has 2 heterocycles. The van der Waals surface area contributed by atoms with Crippen LogP contribution in [0.3, 0.4) is 0 Å². The first kappa shape index (κ1) is 20.8. The second-order valence-corrected chi connectivity index (χ2v) is 9.24. The lowest BCUT2D eigenvalue weighted by atomic mass is 10.0. The van der Waals surface area contributed by atoms with Crippen molar-refractivity contribution in [2.45, 2.75) is 32.0 Å². The van der Waals surface area contributed by atoms with Crippen molar-refractivity contribution in [3.05, 3.63) is 93.7 Å². The highest BCUT2D eigenvalue weighted by atomic mass is 32.1. The number of benzene rings is 2. The first-order valence-corrected chi connectivity index (χ1v) is 11.7. The van der Waals surface area contributed by atoms with Crippen molar-refractivity contribution < 1.29 is 15.0 Å². The van der Waals surface area contributed by atoms with E-state index >= 15 is 0 Å². The van der Waals surface area contributed by atoms with Gasteiger partial charge in [-0.3, -0.25) is 4.79 Å². The largest absolute Gasteiger partial charge is 0.343 e. The van der Waals surface area contributed by atoms with Gasteiger partial charge in [0.05, 0.1) is 24.0 Å². The van der Waals surface area contributed by atoms with E-state index in [-0.39, 0.29) is 18.0 Å². The van der Waals surface area contributed by atoms with Gasteiger partial charge in [0.15, 0.2) is 6.54 Å². The number of hydrogen-bond acceptors (Lipinski definition) is 2. The van der Waals surface area contributed by atoms with Crippen LogP contribution in [0.25, 0.3) is 0 Å². The molecule has 0 aliphatic carbocycles. The van der Waals surface area contributed by atoms with E-state index in [0.717, 1.165) is 26.1 Å². The van der Waals surface area contributed by atoms with Crippen molar-refractivity contribution in [2.24, 2.45) is 0 Å². The number of rotatable bonds is 8. The van der Waals surface area contributed by atoms with E-state index in [9.17, 15) is 4.79 Å². The summed E-state index contributed by atoms with van der Waals surface area (Å²) in [7, 11) is 0. The maximum absolute atomic E-state index is 12.7. The summed E-state index contributed by atoms with van der Waals surface area (Å²) in [6.45, 7) is 5.71. The van der Waals surface area contributed by atoms with Crippen molar-refractivity contribution in [2.75, 3.05) is 19.6 Å². The molecule has 4 nitrogen and oxygen atoms in total. The molecular formula is C25H31N3OS+2. The molecule has 156 valence electrons. The van der Waals surface area contributed by atoms with Crippen molar-refractivity contribution in [1.82, 2.24) is 5.32 Å². The van der Waals surface area contributed by atoms with Crippen LogP contribution in [0.5, 0.6) is 0 Å². The quantitative estimate of drug-likeness (QED) is 0.509. The maximum Gasteiger partial charge on any atom is 0.275 e. The van der Waals surface area contributed by atoms with Gasteiger partial charge in [-0.05, 0) is 18.4 Å². The fourth-order valence-corrected chi connectivity index (χ4v) is 5.12. The van der Waals surface area contributed by atoms with E-state index in [1.807, 2.05) is 0 Å². The summed E-state index contributed by atoms with van der Waals surface area (Å²) >= 11 is 1.75. The van der Waals surface area contributed by atoms with E-state index in [0.29, 0.717) is 6.54 Å². The Balaban J connectivity index is 1.29. The molecule has 0 bridgehead atoms. The average molecular weight is 422 g/mol. The zero-order valence-electron chi connectivity index (χ0n) is 17.5. The topological polar surface area (TPSA) is 50.1 Å². The molecule has 1 aliphatic heterocycles. The standard InChI is InChI=1S/C25H29N3OS/c1-19-9-11-21(12-10-19)25(23-8-5-15-30-23)26-16-24(29)27-22-13-14-28(18-22)17-20-6-3-2-4-7-20/h2-12,15,22,25-26H,13-14,16-18H2,1H3,(H,27,29)/p+2/t22-,25-/m0/s1. The minimum Gasteiger partial charge on any atom is -0.343 e. The van der Waals surface area contributed by atoms with Crippen molar-refractivity contribution in [3.8, 4) is 0 Å². The Kier molecular flexibility index (Phi) is 6.95. The number of nitrogens with two attached hydrogens (primary N) is 1. The normalized spacial score (nSPS) is 19.5. The molecule has 5 heteroatoms. The monoisotopic (exact) mass is 421 g/mol. The van der Waals surface area contributed by atoms with Gasteiger partial charge < -0.3 is 15.5 Å². The number of hydrogen-bond donors (Lipinski definition) is 3. The SMILES string of the molecule is Cc1ccc([C@H]([NH2+]CC(=O)N[C@H]2CC[NH+](Cc3ccccc3)C2)c2cccs2)cc1. The Morgan fingerprint density at radius 1 is 1.13 bits per heavy atom. The molecule has 1 fully saturated rings. The highest BCUT2D eigenvalue weighted by Crippen LogP contribution is 2.22. The van der Waals surface area contributed by atoms with Gasteiger partial charge in [-0.1, -0.05) is 66.2 Å². The van der Waals surface area contributed by atoms with E-state index in [4.69, 9.17) is 0 Å². The van der Waals surface area contributed by atoms with Crippen molar-refractivity contribution in [3.63, 3.8) is 0 Å². The summed E-state index contributed by atoms with van der Waals surface area (Å²) in [5, 5.41) is 7.53. The summed E-state index contributed by atoms with van der Waals surface area (Å²) in [6, 6.07) is 23.9. The minimum absolute atomic E-state index is 0.134. The molecule has 1 amide bonds. The van der Waals surface area contributed by atoms with E-state index < -0.39 is 0 Å². The summed E-state index contributed by atoms with van der Waals surface area (Å²) in [4.78, 5) is 15.5. The third kappa shape index (κ3) is 5.57. The lowest BCUT2D eigenvalue weighted by Crippen LogP contribution is -3.09. The predicted molar refractivity (Wildman–Crippen MR) is 122 cm³/mol. The number of quaternary nitrogens is 2. The van der Waals surface area contributed by atoms with Crippen LogP contribution in [0.2, 0.25) is 0 Å². The van der Waals surface area contributed by atoms with E-state index in [1.54, 1.807) is 16.2 Å². The molecule has 1 unspecified atom stereocenters. The van der Waals surface area contributed by atoms with Crippen LogP contribution in [0, 0.1) is 6.92 Å². The van der Waals surface area contributed by atoms with Crippen molar-refractivity contribution >= 4 is 17.2 Å². The lowest BCUT2D eigenvalue weighted by molar-refractivity contribution is -0.901. The lowest BCUT2D eigenvalue weighted by Gasteiger charge is -2.17. The first-order valence-electron chi connectivity index (χ1n) is 10.8. The molecule has 0 saturated carbocycles. The van der Waals surface area contributed by atoms with Crippen LogP contribution in [-0.2, 0) is 11.3 Å². The first-order chi connectivity index (χ1) is 14.7. The minimum atomic E-state index is 0.134. The second-order valence-electron chi connectivity index (χ2n) is 8.26. The Bertz CT molecular complexity index is 925. The van der Waals surface area contributed by atoms with Crippen LogP contribution < -0.4 is 15.5 Å². The van der Waals surface area contributed by atoms with Gasteiger partial charge in [0.25, 0.3) is 5.91 Å². The number of thiophene rings is 1. The fourth-order valence-electron chi connectivity index (χ4n) is 4.27. The van der Waals surface area contributed by atoms with E-state index in [1.165, 1.54) is 21.6 Å². The Morgan fingerprint density at radius 2 is 1.93 bits per heavy atom. The smallest absolute Gasteiger partial charge is 0.275 e. The number of likely N-dealkylation sites (tertiary alicyclic amines) is 1. The zero-order valence-corrected chi connectivity index (χ0v) is 18.3. The molecule has 4 N–H and O–H groups in total. The molecule has 3 atom stereocenters. The number of amides is 1. The number of aryl methyl sites for hydroxylation is 1. The second kappa shape index (κ2) is 10.0. The third-order valence-electron chi connectivity index (χ3n) is 5.87. The van der Waals surface area contributed by atoms with Crippen LogP contribution in [0.1, 0.15) is 34.0 Å². The number of carbonyl (C=O) groups is 1. The molecular weight excluding hydrogens is 390 g/mol. The molecule has 1 aromatic heterocycles.